The van der Waals surface area contributed by atoms with Crippen LogP contribution >= 0.6 is 0 Å². The van der Waals surface area contributed by atoms with E-state index in [1.165, 1.54) is 6.07 Å². The summed E-state index contributed by atoms with van der Waals surface area (Å²) in [7, 11) is -3.55. The van der Waals surface area contributed by atoms with Crippen molar-refractivity contribution in [2.24, 2.45) is 4.99 Å². The maximum Gasteiger partial charge on any atom is 0.322 e. The van der Waals surface area contributed by atoms with Crippen LogP contribution in [0.5, 0.6) is 0 Å². The van der Waals surface area contributed by atoms with Crippen molar-refractivity contribution < 1.29 is 23.1 Å². The molecule has 0 saturated heterocycles. The first-order valence-electron chi connectivity index (χ1n) is 6.55. The molecule has 3 N–H and O–H groups in total. The van der Waals surface area contributed by atoms with Crippen molar-refractivity contribution in [1.82, 2.24) is 10.0 Å². The standard InChI is InChI=1S/C13H15N3O5S/c17-11(15-8-12(18)19)6-3-7-14-13-9-4-1-2-5-10(9)22(20,21)16-13/h1-2,4-5H,3,6-8H2,(H,14,16)(H,15,17)(H,18,19). The van der Waals surface area contributed by atoms with Crippen molar-refractivity contribution >= 4 is 27.7 Å². The predicted molar refractivity (Wildman–Crippen MR) is 78.0 cm³/mol. The number of amidine groups is 1. The highest BCUT2D eigenvalue weighted by Crippen LogP contribution is 2.22. The van der Waals surface area contributed by atoms with Gasteiger partial charge >= 0.3 is 5.97 Å². The summed E-state index contributed by atoms with van der Waals surface area (Å²) in [6.07, 6.45) is 0.511. The van der Waals surface area contributed by atoms with Gasteiger partial charge in [-0.2, -0.15) is 0 Å². The van der Waals surface area contributed by atoms with Crippen LogP contribution in [0.25, 0.3) is 0 Å². The lowest BCUT2D eigenvalue weighted by atomic mass is 10.2. The van der Waals surface area contributed by atoms with Crippen LogP contribution in [0.2, 0.25) is 0 Å². The van der Waals surface area contributed by atoms with Gasteiger partial charge in [-0.1, -0.05) is 12.1 Å². The summed E-state index contributed by atoms with van der Waals surface area (Å²) in [5.41, 5.74) is 0.512. The molecule has 1 aromatic carbocycles. The van der Waals surface area contributed by atoms with Gasteiger partial charge in [-0.3, -0.25) is 19.3 Å². The number of carboxylic acids is 1. The molecule has 0 bridgehead atoms. The van der Waals surface area contributed by atoms with Gasteiger partial charge in [0.2, 0.25) is 5.91 Å². The minimum atomic E-state index is -3.55. The fraction of sp³-hybridized carbons (Fsp3) is 0.308. The van der Waals surface area contributed by atoms with Crippen LogP contribution in [0.4, 0.5) is 0 Å². The van der Waals surface area contributed by atoms with Crippen molar-refractivity contribution in [1.29, 1.82) is 0 Å². The molecule has 118 valence electrons. The van der Waals surface area contributed by atoms with E-state index in [1.807, 2.05) is 0 Å². The van der Waals surface area contributed by atoms with Gasteiger partial charge in [0, 0.05) is 18.5 Å². The topological polar surface area (TPSA) is 125 Å². The Bertz CT molecular complexity index is 727. The average Bonchev–Trinajstić information content (AvgIpc) is 2.73. The van der Waals surface area contributed by atoms with Crippen molar-refractivity contribution in [3.05, 3.63) is 29.8 Å². The summed E-state index contributed by atoms with van der Waals surface area (Å²) >= 11 is 0. The lowest BCUT2D eigenvalue weighted by molar-refractivity contribution is -0.137. The van der Waals surface area contributed by atoms with Gasteiger partial charge < -0.3 is 10.4 Å². The Morgan fingerprint density at radius 2 is 2.00 bits per heavy atom. The number of hydrogen-bond donors (Lipinski definition) is 3. The molecule has 0 fully saturated rings. The van der Waals surface area contributed by atoms with Gasteiger partial charge in [-0.15, -0.1) is 0 Å². The first-order valence-corrected chi connectivity index (χ1v) is 8.03. The number of carbonyl (C=O) groups is 2. The second kappa shape index (κ2) is 6.56. The van der Waals surface area contributed by atoms with Crippen LogP contribution in [0.15, 0.2) is 34.2 Å². The molecule has 0 aliphatic carbocycles. The summed E-state index contributed by atoms with van der Waals surface area (Å²) in [6, 6.07) is 6.51. The summed E-state index contributed by atoms with van der Waals surface area (Å²) in [5, 5.41) is 10.7. The predicted octanol–water partition coefficient (Wildman–Crippen LogP) is -0.294. The molecule has 0 atom stereocenters. The third-order valence-corrected chi connectivity index (χ3v) is 4.33. The normalized spacial score (nSPS) is 16.8. The van der Waals surface area contributed by atoms with Gasteiger partial charge in [-0.25, -0.2) is 8.42 Å². The molecule has 1 heterocycles. The van der Waals surface area contributed by atoms with E-state index in [1.54, 1.807) is 18.2 Å². The zero-order chi connectivity index (χ0) is 16.2. The Kier molecular flexibility index (Phi) is 4.76. The van der Waals surface area contributed by atoms with Crippen LogP contribution in [0.3, 0.4) is 0 Å². The largest absolute Gasteiger partial charge is 0.480 e. The molecular weight excluding hydrogens is 310 g/mol. The van der Waals surface area contributed by atoms with Gasteiger partial charge in [0.25, 0.3) is 10.0 Å². The van der Waals surface area contributed by atoms with E-state index in [9.17, 15) is 18.0 Å². The number of amides is 1. The number of nitrogens with one attached hydrogen (secondary N) is 2. The average molecular weight is 325 g/mol. The molecule has 22 heavy (non-hydrogen) atoms. The molecule has 0 unspecified atom stereocenters. The fourth-order valence-electron chi connectivity index (χ4n) is 1.94. The van der Waals surface area contributed by atoms with Gasteiger partial charge in [0.1, 0.15) is 12.4 Å². The lowest BCUT2D eigenvalue weighted by Crippen LogP contribution is -2.29. The molecule has 0 aromatic heterocycles. The van der Waals surface area contributed by atoms with Gasteiger partial charge in [-0.05, 0) is 18.6 Å². The number of fused-ring (bicyclic) bond motifs is 1. The highest BCUT2D eigenvalue weighted by atomic mass is 32.2. The molecule has 8 nitrogen and oxygen atoms in total. The number of hydrogen-bond acceptors (Lipinski definition) is 5. The summed E-state index contributed by atoms with van der Waals surface area (Å²) < 4.78 is 26.1. The molecule has 9 heteroatoms. The molecule has 0 radical (unpaired) electrons. The Hall–Kier alpha value is -2.42. The van der Waals surface area contributed by atoms with E-state index < -0.39 is 22.5 Å². The van der Waals surface area contributed by atoms with Crippen LogP contribution < -0.4 is 10.0 Å². The van der Waals surface area contributed by atoms with Crippen molar-refractivity contribution in [2.45, 2.75) is 17.7 Å². The number of aliphatic imine (C=N–C) groups is 1. The summed E-state index contributed by atoms with van der Waals surface area (Å²) in [6.45, 7) is -0.160. The van der Waals surface area contributed by atoms with Crippen LogP contribution in [-0.4, -0.2) is 44.3 Å². The number of carboxylic acid groups (broad SMARTS) is 1. The Morgan fingerprint density at radius 3 is 2.73 bits per heavy atom. The molecule has 0 saturated carbocycles. The fourth-order valence-corrected chi connectivity index (χ4v) is 3.20. The monoisotopic (exact) mass is 325 g/mol. The zero-order valence-electron chi connectivity index (χ0n) is 11.6. The smallest absolute Gasteiger partial charge is 0.322 e. The van der Waals surface area contributed by atoms with E-state index in [4.69, 9.17) is 5.11 Å². The molecule has 1 aliphatic heterocycles. The summed E-state index contributed by atoms with van der Waals surface area (Å²) in [4.78, 5) is 25.9. The maximum atomic E-state index is 11.8. The minimum Gasteiger partial charge on any atom is -0.480 e. The molecule has 1 aromatic rings. The molecule has 2 rings (SSSR count). The first kappa shape index (κ1) is 16.0. The number of rotatable bonds is 6. The molecular formula is C13H15N3O5S. The van der Waals surface area contributed by atoms with Crippen molar-refractivity contribution in [3.63, 3.8) is 0 Å². The van der Waals surface area contributed by atoms with Crippen molar-refractivity contribution in [3.8, 4) is 0 Å². The number of benzene rings is 1. The third kappa shape index (κ3) is 3.82. The quantitative estimate of drug-likeness (QED) is 0.620. The van der Waals surface area contributed by atoms with Crippen LogP contribution in [-0.2, 0) is 19.6 Å². The lowest BCUT2D eigenvalue weighted by Gasteiger charge is -2.01. The zero-order valence-corrected chi connectivity index (χ0v) is 12.4. The highest BCUT2D eigenvalue weighted by molar-refractivity contribution is 7.90. The molecule has 0 spiro atoms. The van der Waals surface area contributed by atoms with E-state index in [2.05, 4.69) is 15.0 Å². The number of nitrogens with zero attached hydrogens (tertiary/aromatic N) is 1. The first-order chi connectivity index (χ1) is 10.4. The second-order valence-electron chi connectivity index (χ2n) is 4.61. The van der Waals surface area contributed by atoms with Gasteiger partial charge in [0.15, 0.2) is 0 Å². The number of carbonyl (C=O) groups excluding carboxylic acids is 1. The Balaban J connectivity index is 1.90. The SMILES string of the molecule is O=C(O)CNC(=O)CCCN=C1NS(=O)(=O)c2ccccc21. The van der Waals surface area contributed by atoms with E-state index in [-0.39, 0.29) is 29.6 Å². The number of sulfonamides is 1. The van der Waals surface area contributed by atoms with Crippen molar-refractivity contribution in [2.75, 3.05) is 13.1 Å². The Morgan fingerprint density at radius 1 is 1.27 bits per heavy atom. The van der Waals surface area contributed by atoms with E-state index >= 15 is 0 Å². The minimum absolute atomic E-state index is 0.123. The van der Waals surface area contributed by atoms with Gasteiger partial charge in [0.05, 0.1) is 4.90 Å². The second-order valence-corrected chi connectivity index (χ2v) is 6.26. The Labute approximate surface area is 127 Å². The van der Waals surface area contributed by atoms with Crippen LogP contribution in [0.1, 0.15) is 18.4 Å². The number of aliphatic carboxylic acids is 1. The van der Waals surface area contributed by atoms with E-state index in [0.717, 1.165) is 0 Å². The molecule has 1 aliphatic rings. The van der Waals surface area contributed by atoms with Crippen LogP contribution in [0, 0.1) is 0 Å². The molecule has 1 amide bonds. The summed E-state index contributed by atoms with van der Waals surface area (Å²) in [5.74, 6) is -1.22. The highest BCUT2D eigenvalue weighted by Gasteiger charge is 2.29. The maximum absolute atomic E-state index is 11.8. The van der Waals surface area contributed by atoms with E-state index in [0.29, 0.717) is 12.0 Å². The third-order valence-electron chi connectivity index (χ3n) is 2.93.